The predicted octanol–water partition coefficient (Wildman–Crippen LogP) is 2.55. The second-order valence-electron chi connectivity index (χ2n) is 4.39. The molecule has 2 aromatic carbocycles. The Morgan fingerprint density at radius 2 is 1.81 bits per heavy atom. The quantitative estimate of drug-likeness (QED) is 0.395. The molecule has 6 nitrogen and oxygen atoms in total. The number of amides is 1. The SMILES string of the molecule is C/C(=N/O)c1ccccc1NC(=O)c1ccc(O)cc1O. The summed E-state index contributed by atoms with van der Waals surface area (Å²) in [6, 6.07) is 10.5. The van der Waals surface area contributed by atoms with E-state index in [1.165, 1.54) is 12.1 Å². The van der Waals surface area contributed by atoms with Crippen molar-refractivity contribution in [1.29, 1.82) is 0 Å². The Hall–Kier alpha value is -3.02. The van der Waals surface area contributed by atoms with E-state index in [1.807, 2.05) is 0 Å². The third-order valence-corrected chi connectivity index (χ3v) is 2.94. The third kappa shape index (κ3) is 3.11. The molecule has 0 aliphatic heterocycles. The number of nitrogens with one attached hydrogen (secondary N) is 1. The standard InChI is InChI=1S/C15H14N2O4/c1-9(17-21)11-4-2-3-5-13(11)16-15(20)12-7-6-10(18)8-14(12)19/h2-8,18-19,21H,1H3,(H,16,20)/b17-9-. The molecular weight excluding hydrogens is 272 g/mol. The molecule has 21 heavy (non-hydrogen) atoms. The van der Waals surface area contributed by atoms with Crippen molar-refractivity contribution in [2.75, 3.05) is 5.32 Å². The fourth-order valence-corrected chi connectivity index (χ4v) is 1.86. The van der Waals surface area contributed by atoms with Gasteiger partial charge in [-0.1, -0.05) is 23.4 Å². The topological polar surface area (TPSA) is 102 Å². The number of carbonyl (C=O) groups is 1. The maximum Gasteiger partial charge on any atom is 0.259 e. The Labute approximate surface area is 121 Å². The molecule has 4 N–H and O–H groups in total. The molecule has 0 saturated carbocycles. The van der Waals surface area contributed by atoms with Crippen LogP contribution in [0.25, 0.3) is 0 Å². The summed E-state index contributed by atoms with van der Waals surface area (Å²) in [6.07, 6.45) is 0. The molecular formula is C15H14N2O4. The van der Waals surface area contributed by atoms with E-state index >= 15 is 0 Å². The number of oxime groups is 1. The van der Waals surface area contributed by atoms with Crippen LogP contribution < -0.4 is 5.32 Å². The number of phenolic OH excluding ortho intramolecular Hbond substituents is 2. The van der Waals surface area contributed by atoms with Gasteiger partial charge in [0.05, 0.1) is 17.0 Å². The predicted molar refractivity (Wildman–Crippen MR) is 78.2 cm³/mol. The van der Waals surface area contributed by atoms with E-state index in [0.717, 1.165) is 6.07 Å². The van der Waals surface area contributed by atoms with Crippen LogP contribution >= 0.6 is 0 Å². The van der Waals surface area contributed by atoms with Crippen molar-refractivity contribution in [1.82, 2.24) is 0 Å². The van der Waals surface area contributed by atoms with Crippen LogP contribution in [-0.2, 0) is 0 Å². The number of carbonyl (C=O) groups excluding carboxylic acids is 1. The number of phenols is 2. The monoisotopic (exact) mass is 286 g/mol. The van der Waals surface area contributed by atoms with Crippen molar-refractivity contribution < 1.29 is 20.2 Å². The van der Waals surface area contributed by atoms with Crippen molar-refractivity contribution in [3.05, 3.63) is 53.6 Å². The molecule has 0 aliphatic rings. The Bertz CT molecular complexity index is 711. The first-order valence-corrected chi connectivity index (χ1v) is 6.14. The number of aromatic hydroxyl groups is 2. The number of hydrogen-bond donors (Lipinski definition) is 4. The van der Waals surface area contributed by atoms with Gasteiger partial charge in [-0.3, -0.25) is 4.79 Å². The molecule has 2 aromatic rings. The lowest BCUT2D eigenvalue weighted by Gasteiger charge is -2.11. The molecule has 0 saturated heterocycles. The maximum atomic E-state index is 12.2. The molecule has 0 aliphatic carbocycles. The Kier molecular flexibility index (Phi) is 4.08. The summed E-state index contributed by atoms with van der Waals surface area (Å²) < 4.78 is 0. The van der Waals surface area contributed by atoms with Crippen molar-refractivity contribution in [3.63, 3.8) is 0 Å². The second-order valence-corrected chi connectivity index (χ2v) is 4.39. The Morgan fingerprint density at radius 3 is 2.48 bits per heavy atom. The summed E-state index contributed by atoms with van der Waals surface area (Å²) >= 11 is 0. The second kappa shape index (κ2) is 5.96. The smallest absolute Gasteiger partial charge is 0.259 e. The normalized spacial score (nSPS) is 11.2. The summed E-state index contributed by atoms with van der Waals surface area (Å²) in [5.74, 6) is -0.990. The van der Waals surface area contributed by atoms with Gasteiger partial charge in [-0.25, -0.2) is 0 Å². The first kappa shape index (κ1) is 14.4. The molecule has 0 aromatic heterocycles. The molecule has 0 radical (unpaired) electrons. The lowest BCUT2D eigenvalue weighted by Crippen LogP contribution is -2.14. The van der Waals surface area contributed by atoms with Gasteiger partial charge < -0.3 is 20.7 Å². The number of hydrogen-bond acceptors (Lipinski definition) is 5. The van der Waals surface area contributed by atoms with E-state index in [2.05, 4.69) is 10.5 Å². The van der Waals surface area contributed by atoms with Gasteiger partial charge in [0.2, 0.25) is 0 Å². The van der Waals surface area contributed by atoms with Gasteiger partial charge in [-0.05, 0) is 25.1 Å². The summed E-state index contributed by atoms with van der Waals surface area (Å²) in [7, 11) is 0. The van der Waals surface area contributed by atoms with Gasteiger partial charge in [0, 0.05) is 11.6 Å². The molecule has 0 fully saturated rings. The molecule has 0 spiro atoms. The summed E-state index contributed by atoms with van der Waals surface area (Å²) in [5.41, 5.74) is 1.39. The fraction of sp³-hybridized carbons (Fsp3) is 0.0667. The molecule has 2 rings (SSSR count). The highest BCUT2D eigenvalue weighted by molar-refractivity contribution is 6.11. The zero-order valence-electron chi connectivity index (χ0n) is 11.2. The summed E-state index contributed by atoms with van der Waals surface area (Å²) in [6.45, 7) is 1.60. The van der Waals surface area contributed by atoms with Crippen LogP contribution in [0, 0.1) is 0 Å². The molecule has 6 heteroatoms. The van der Waals surface area contributed by atoms with E-state index < -0.39 is 5.91 Å². The van der Waals surface area contributed by atoms with Crippen LogP contribution in [0.5, 0.6) is 11.5 Å². The first-order chi connectivity index (χ1) is 10.0. The van der Waals surface area contributed by atoms with E-state index in [4.69, 9.17) is 5.21 Å². The van der Waals surface area contributed by atoms with Crippen molar-refractivity contribution in [3.8, 4) is 11.5 Å². The van der Waals surface area contributed by atoms with Crippen LogP contribution in [0.15, 0.2) is 47.6 Å². The minimum Gasteiger partial charge on any atom is -0.508 e. The third-order valence-electron chi connectivity index (χ3n) is 2.94. The van der Waals surface area contributed by atoms with Gasteiger partial charge >= 0.3 is 0 Å². The zero-order valence-corrected chi connectivity index (χ0v) is 11.2. The van der Waals surface area contributed by atoms with E-state index in [1.54, 1.807) is 31.2 Å². The van der Waals surface area contributed by atoms with E-state index in [9.17, 15) is 15.0 Å². The molecule has 108 valence electrons. The van der Waals surface area contributed by atoms with Crippen LogP contribution in [0.4, 0.5) is 5.69 Å². The highest BCUT2D eigenvalue weighted by Gasteiger charge is 2.14. The van der Waals surface area contributed by atoms with Crippen LogP contribution in [-0.4, -0.2) is 27.0 Å². The molecule has 0 heterocycles. The minimum atomic E-state index is -0.536. The lowest BCUT2D eigenvalue weighted by atomic mass is 10.1. The zero-order chi connectivity index (χ0) is 15.4. The van der Waals surface area contributed by atoms with Crippen molar-refractivity contribution >= 4 is 17.3 Å². The number of rotatable bonds is 3. The highest BCUT2D eigenvalue weighted by atomic mass is 16.4. The first-order valence-electron chi connectivity index (χ1n) is 6.14. The minimum absolute atomic E-state index is 0.0289. The largest absolute Gasteiger partial charge is 0.508 e. The highest BCUT2D eigenvalue weighted by Crippen LogP contribution is 2.24. The summed E-state index contributed by atoms with van der Waals surface area (Å²) in [4.78, 5) is 12.2. The van der Waals surface area contributed by atoms with Crippen molar-refractivity contribution in [2.24, 2.45) is 5.16 Å². The van der Waals surface area contributed by atoms with Crippen LogP contribution in [0.2, 0.25) is 0 Å². The average Bonchev–Trinajstić information content (AvgIpc) is 2.46. The van der Waals surface area contributed by atoms with Gasteiger partial charge in [-0.2, -0.15) is 0 Å². The number of anilines is 1. The molecule has 0 bridgehead atoms. The van der Waals surface area contributed by atoms with Gasteiger partial charge in [-0.15, -0.1) is 0 Å². The van der Waals surface area contributed by atoms with Gasteiger partial charge in [0.25, 0.3) is 5.91 Å². The number of para-hydroxylation sites is 1. The van der Waals surface area contributed by atoms with Gasteiger partial charge in [0.1, 0.15) is 11.5 Å². The Balaban J connectivity index is 2.32. The summed E-state index contributed by atoms with van der Waals surface area (Å²) in [5, 5.41) is 33.5. The van der Waals surface area contributed by atoms with Crippen molar-refractivity contribution in [2.45, 2.75) is 6.92 Å². The van der Waals surface area contributed by atoms with E-state index in [-0.39, 0.29) is 17.1 Å². The molecule has 0 unspecified atom stereocenters. The van der Waals surface area contributed by atoms with E-state index in [0.29, 0.717) is 17.0 Å². The molecule has 0 atom stereocenters. The molecule has 1 amide bonds. The number of benzene rings is 2. The van der Waals surface area contributed by atoms with Crippen LogP contribution in [0.1, 0.15) is 22.8 Å². The lowest BCUT2D eigenvalue weighted by molar-refractivity contribution is 0.102. The van der Waals surface area contributed by atoms with Crippen LogP contribution in [0.3, 0.4) is 0 Å². The fourth-order valence-electron chi connectivity index (χ4n) is 1.86. The number of nitrogens with zero attached hydrogens (tertiary/aromatic N) is 1. The van der Waals surface area contributed by atoms with Gasteiger partial charge in [0.15, 0.2) is 0 Å². The maximum absolute atomic E-state index is 12.2. The average molecular weight is 286 g/mol. The Morgan fingerprint density at radius 1 is 1.10 bits per heavy atom.